The lowest BCUT2D eigenvalue weighted by Crippen LogP contribution is -2.32. The number of nitrogen functional groups attached to an aromatic ring is 1. The minimum absolute atomic E-state index is 0. The van der Waals surface area contributed by atoms with Gasteiger partial charge in [-0.1, -0.05) is 36.4 Å². The van der Waals surface area contributed by atoms with Crippen molar-refractivity contribution >= 4 is 28.1 Å². The van der Waals surface area contributed by atoms with Gasteiger partial charge in [-0.15, -0.1) is 0 Å². The van der Waals surface area contributed by atoms with Gasteiger partial charge in [-0.25, -0.2) is 0 Å². The van der Waals surface area contributed by atoms with Crippen LogP contribution in [-0.2, 0) is 4.74 Å². The van der Waals surface area contributed by atoms with E-state index in [-0.39, 0.29) is 20.6 Å². The molecule has 3 aromatic rings. The van der Waals surface area contributed by atoms with Crippen LogP contribution in [0.2, 0.25) is 0 Å². The number of nitrogens with two attached hydrogens (primary N) is 1. The quantitative estimate of drug-likeness (QED) is 0.420. The standard InChI is InChI=1S/C24H25N3O3.2H2/c1-29-22-13-21(25)19(12-20(22)24(28)27-14-18-7-4-10-30-18)23(26)17-9-8-15-5-2-3-6-16(15)11-17;;/h2-3,5-6,8-9,11-13,18,26H,4,7,10,14,25H2,1H3,(H,27,28);2*1H. The third kappa shape index (κ3) is 4.00. The summed E-state index contributed by atoms with van der Waals surface area (Å²) in [5.41, 5.74) is 8.44. The van der Waals surface area contributed by atoms with E-state index in [1.54, 1.807) is 12.1 Å². The summed E-state index contributed by atoms with van der Waals surface area (Å²) >= 11 is 0. The summed E-state index contributed by atoms with van der Waals surface area (Å²) in [5, 5.41) is 13.8. The van der Waals surface area contributed by atoms with Gasteiger partial charge in [-0.3, -0.25) is 10.2 Å². The number of carbonyl (C=O) groups excluding carboxylic acids is 1. The largest absolute Gasteiger partial charge is 0.496 e. The van der Waals surface area contributed by atoms with Crippen LogP contribution in [0.15, 0.2) is 54.6 Å². The third-order valence-corrected chi connectivity index (χ3v) is 5.44. The van der Waals surface area contributed by atoms with Gasteiger partial charge in [0.25, 0.3) is 5.91 Å². The number of anilines is 1. The van der Waals surface area contributed by atoms with E-state index in [0.717, 1.165) is 35.8 Å². The Labute approximate surface area is 178 Å². The van der Waals surface area contributed by atoms with E-state index < -0.39 is 0 Å². The van der Waals surface area contributed by atoms with Gasteiger partial charge in [0.05, 0.1) is 24.5 Å². The summed E-state index contributed by atoms with van der Waals surface area (Å²) < 4.78 is 10.9. The van der Waals surface area contributed by atoms with Crippen LogP contribution < -0.4 is 15.8 Å². The van der Waals surface area contributed by atoms with Crippen LogP contribution in [0.5, 0.6) is 5.75 Å². The van der Waals surface area contributed by atoms with Crippen molar-refractivity contribution in [2.45, 2.75) is 18.9 Å². The minimum Gasteiger partial charge on any atom is -0.496 e. The maximum absolute atomic E-state index is 12.8. The van der Waals surface area contributed by atoms with Gasteiger partial charge < -0.3 is 20.5 Å². The Morgan fingerprint density at radius 2 is 2.00 bits per heavy atom. The van der Waals surface area contributed by atoms with Gasteiger partial charge in [0.1, 0.15) is 5.75 Å². The number of amides is 1. The molecule has 1 unspecified atom stereocenters. The van der Waals surface area contributed by atoms with Crippen LogP contribution in [0.25, 0.3) is 10.8 Å². The van der Waals surface area contributed by atoms with Crippen LogP contribution in [0, 0.1) is 5.41 Å². The first-order valence-corrected chi connectivity index (χ1v) is 10.0. The van der Waals surface area contributed by atoms with Gasteiger partial charge >= 0.3 is 0 Å². The number of fused-ring (bicyclic) bond motifs is 1. The molecule has 0 saturated carbocycles. The molecule has 4 rings (SSSR count). The van der Waals surface area contributed by atoms with Crippen molar-refractivity contribution in [1.82, 2.24) is 5.32 Å². The third-order valence-electron chi connectivity index (χ3n) is 5.44. The SMILES string of the molecule is COc1cc(N)c(C(=N)c2ccc3ccccc3c2)cc1C(=O)NCC1CCCO1.[HH].[HH]. The fourth-order valence-electron chi connectivity index (χ4n) is 3.77. The molecule has 1 fully saturated rings. The van der Waals surface area contributed by atoms with Crippen molar-refractivity contribution in [3.05, 3.63) is 71.3 Å². The molecule has 6 heteroatoms. The molecule has 3 aromatic carbocycles. The maximum atomic E-state index is 12.8. The summed E-state index contributed by atoms with van der Waals surface area (Å²) in [7, 11) is 1.50. The number of hydrogen-bond donors (Lipinski definition) is 3. The molecule has 30 heavy (non-hydrogen) atoms. The van der Waals surface area contributed by atoms with Crippen molar-refractivity contribution in [3.63, 3.8) is 0 Å². The Morgan fingerprint density at radius 3 is 2.73 bits per heavy atom. The van der Waals surface area contributed by atoms with Crippen molar-refractivity contribution in [2.24, 2.45) is 0 Å². The number of methoxy groups -OCH3 is 1. The topological polar surface area (TPSA) is 97.4 Å². The number of hydrogen-bond acceptors (Lipinski definition) is 5. The van der Waals surface area contributed by atoms with Gasteiger partial charge in [0, 0.05) is 38.9 Å². The summed E-state index contributed by atoms with van der Waals surface area (Å²) in [6.45, 7) is 1.18. The lowest BCUT2D eigenvalue weighted by atomic mass is 9.96. The molecule has 1 heterocycles. The summed E-state index contributed by atoms with van der Waals surface area (Å²) in [4.78, 5) is 12.8. The molecule has 0 aliphatic carbocycles. The fourth-order valence-corrected chi connectivity index (χ4v) is 3.77. The highest BCUT2D eigenvalue weighted by Gasteiger charge is 2.21. The Hall–Kier alpha value is -3.38. The van der Waals surface area contributed by atoms with E-state index in [1.165, 1.54) is 7.11 Å². The zero-order valence-electron chi connectivity index (χ0n) is 16.9. The average Bonchev–Trinajstić information content (AvgIpc) is 3.30. The molecule has 0 radical (unpaired) electrons. The molecule has 1 atom stereocenters. The molecule has 1 saturated heterocycles. The molecular formula is C24H29N3O3. The van der Waals surface area contributed by atoms with E-state index >= 15 is 0 Å². The number of rotatable bonds is 6. The monoisotopic (exact) mass is 407 g/mol. The first kappa shape index (κ1) is 19.9. The zero-order chi connectivity index (χ0) is 21.1. The number of nitrogens with one attached hydrogen (secondary N) is 2. The molecule has 0 aromatic heterocycles. The Kier molecular flexibility index (Phi) is 5.68. The smallest absolute Gasteiger partial charge is 0.255 e. The normalized spacial score (nSPS) is 15.8. The zero-order valence-corrected chi connectivity index (χ0v) is 16.9. The van der Waals surface area contributed by atoms with Crippen LogP contribution in [-0.4, -0.2) is 38.0 Å². The Bertz CT molecular complexity index is 1110. The van der Waals surface area contributed by atoms with Gasteiger partial charge in [-0.05, 0) is 35.7 Å². The molecule has 0 bridgehead atoms. The van der Waals surface area contributed by atoms with E-state index in [0.29, 0.717) is 29.1 Å². The fraction of sp³-hybridized carbons (Fsp3) is 0.250. The first-order valence-electron chi connectivity index (χ1n) is 10.0. The summed E-state index contributed by atoms with van der Waals surface area (Å²) in [6.07, 6.45) is 2.00. The summed E-state index contributed by atoms with van der Waals surface area (Å²) in [5.74, 6) is 0.113. The van der Waals surface area contributed by atoms with E-state index in [1.807, 2.05) is 42.5 Å². The second-order valence-corrected chi connectivity index (χ2v) is 7.42. The lowest BCUT2D eigenvalue weighted by Gasteiger charge is -2.16. The molecular weight excluding hydrogens is 378 g/mol. The van der Waals surface area contributed by atoms with Crippen molar-refractivity contribution in [1.29, 1.82) is 5.41 Å². The highest BCUT2D eigenvalue weighted by Crippen LogP contribution is 2.28. The van der Waals surface area contributed by atoms with Crippen LogP contribution in [0.1, 0.15) is 37.2 Å². The molecule has 6 nitrogen and oxygen atoms in total. The molecule has 1 amide bonds. The average molecular weight is 408 g/mol. The molecule has 1 aliphatic rings. The molecule has 1 aliphatic heterocycles. The first-order chi connectivity index (χ1) is 14.6. The van der Waals surface area contributed by atoms with E-state index in [9.17, 15) is 4.79 Å². The lowest BCUT2D eigenvalue weighted by molar-refractivity contribution is 0.0855. The van der Waals surface area contributed by atoms with Crippen molar-refractivity contribution < 1.29 is 17.1 Å². The molecule has 4 N–H and O–H groups in total. The second-order valence-electron chi connectivity index (χ2n) is 7.42. The summed E-state index contributed by atoms with van der Waals surface area (Å²) in [6, 6.07) is 17.1. The number of benzene rings is 3. The van der Waals surface area contributed by atoms with Crippen molar-refractivity contribution in [2.75, 3.05) is 26.0 Å². The van der Waals surface area contributed by atoms with Crippen LogP contribution in [0.3, 0.4) is 0 Å². The van der Waals surface area contributed by atoms with E-state index in [4.69, 9.17) is 20.6 Å². The molecule has 158 valence electrons. The molecule has 0 spiro atoms. The van der Waals surface area contributed by atoms with Crippen LogP contribution >= 0.6 is 0 Å². The maximum Gasteiger partial charge on any atom is 0.255 e. The predicted octanol–water partition coefficient (Wildman–Crippen LogP) is 4.25. The highest BCUT2D eigenvalue weighted by molar-refractivity contribution is 6.16. The van der Waals surface area contributed by atoms with Gasteiger partial charge in [0.15, 0.2) is 0 Å². The number of carbonyl (C=O) groups is 1. The highest BCUT2D eigenvalue weighted by atomic mass is 16.5. The predicted molar refractivity (Wildman–Crippen MR) is 123 cm³/mol. The van der Waals surface area contributed by atoms with E-state index in [2.05, 4.69) is 5.32 Å². The van der Waals surface area contributed by atoms with Crippen molar-refractivity contribution in [3.8, 4) is 5.75 Å². The van der Waals surface area contributed by atoms with Gasteiger partial charge in [0.2, 0.25) is 0 Å². The van der Waals surface area contributed by atoms with Gasteiger partial charge in [-0.2, -0.15) is 0 Å². The Balaban J connectivity index is 0.00000181. The second kappa shape index (κ2) is 8.55. The van der Waals surface area contributed by atoms with Crippen LogP contribution in [0.4, 0.5) is 5.69 Å². The minimum atomic E-state index is -0.269. The number of ether oxygens (including phenoxy) is 2. The Morgan fingerprint density at radius 1 is 1.20 bits per heavy atom.